The number of aryl methyl sites for hydroxylation is 1. The molecule has 3 rings (SSSR count). The van der Waals surface area contributed by atoms with E-state index in [1.807, 2.05) is 0 Å². The molecule has 1 amide bonds. The van der Waals surface area contributed by atoms with E-state index < -0.39 is 35.9 Å². The van der Waals surface area contributed by atoms with E-state index in [1.165, 1.54) is 17.1 Å². The molecule has 0 spiro atoms. The molecule has 30 heavy (non-hydrogen) atoms. The van der Waals surface area contributed by atoms with Gasteiger partial charge in [0.25, 0.3) is 17.9 Å². The summed E-state index contributed by atoms with van der Waals surface area (Å²) in [7, 11) is 1.60. The fourth-order valence-electron chi connectivity index (χ4n) is 2.53. The van der Waals surface area contributed by atoms with Crippen molar-refractivity contribution in [3.05, 3.63) is 63.7 Å². The zero-order valence-electron chi connectivity index (χ0n) is 15.3. The molecule has 0 saturated carbocycles. The molecule has 0 aliphatic heterocycles. The number of hydrogen-bond acceptors (Lipinski definition) is 5. The van der Waals surface area contributed by atoms with E-state index in [0.29, 0.717) is 10.6 Å². The van der Waals surface area contributed by atoms with E-state index in [4.69, 9.17) is 16.7 Å². The van der Waals surface area contributed by atoms with Gasteiger partial charge in [-0.15, -0.1) is 0 Å². The van der Waals surface area contributed by atoms with E-state index in [-0.39, 0.29) is 11.4 Å². The number of nitrogens with zero attached hydrogens (tertiary/aromatic N) is 4. The number of halogens is 4. The van der Waals surface area contributed by atoms with Crippen molar-refractivity contribution in [3.8, 4) is 16.9 Å². The van der Waals surface area contributed by atoms with Gasteiger partial charge in [0.2, 0.25) is 6.30 Å². The highest BCUT2D eigenvalue weighted by molar-refractivity contribution is 6.30. The molecule has 2 heterocycles. The molecule has 2 unspecified atom stereocenters. The van der Waals surface area contributed by atoms with Gasteiger partial charge in [-0.2, -0.15) is 14.9 Å². The molecule has 12 heteroatoms. The maximum Gasteiger partial charge on any atom is 0.284 e. The Morgan fingerprint density at radius 3 is 2.47 bits per heavy atom. The van der Waals surface area contributed by atoms with Crippen molar-refractivity contribution in [1.82, 2.24) is 24.9 Å². The van der Waals surface area contributed by atoms with Crippen LogP contribution in [0.25, 0.3) is 16.9 Å². The Balaban J connectivity index is 2.09. The van der Waals surface area contributed by atoms with Crippen molar-refractivity contribution in [2.24, 2.45) is 7.05 Å². The van der Waals surface area contributed by atoms with Crippen LogP contribution in [0.3, 0.4) is 0 Å². The molecule has 158 valence electrons. The zero-order valence-corrected chi connectivity index (χ0v) is 16.1. The van der Waals surface area contributed by atoms with Crippen LogP contribution in [-0.4, -0.2) is 49.4 Å². The third kappa shape index (κ3) is 4.52. The predicted octanol–water partition coefficient (Wildman–Crippen LogP) is 1.94. The van der Waals surface area contributed by atoms with Crippen LogP contribution in [0.1, 0.15) is 10.4 Å². The molecule has 0 saturated heterocycles. The molecule has 3 aromatic rings. The van der Waals surface area contributed by atoms with Gasteiger partial charge >= 0.3 is 0 Å². The number of carbonyl (C=O) groups excluding carboxylic acids is 1. The van der Waals surface area contributed by atoms with Crippen LogP contribution in [0.4, 0.5) is 13.2 Å². The predicted molar refractivity (Wildman–Crippen MR) is 101 cm³/mol. The lowest BCUT2D eigenvalue weighted by atomic mass is 10.1. The smallest absolute Gasteiger partial charge is 0.284 e. The van der Waals surface area contributed by atoms with Crippen molar-refractivity contribution in [2.75, 3.05) is 0 Å². The van der Waals surface area contributed by atoms with Crippen molar-refractivity contribution in [3.63, 3.8) is 0 Å². The molecule has 2 aromatic heterocycles. The molecule has 1 aromatic carbocycles. The standard InChI is InChI=1S/C18H15ClF3N5O3/c1-26-8-11(7-23-26)27-18(30)12(17(29)24-16(22)14(28)15(20)21)6-13(25-27)9-2-4-10(19)5-3-9/h2-8,14-16,28H,1H3,(H,24,29). The van der Waals surface area contributed by atoms with Gasteiger partial charge in [0.05, 0.1) is 18.1 Å². The number of hydrogen-bond donors (Lipinski definition) is 2. The number of rotatable bonds is 6. The average Bonchev–Trinajstić information content (AvgIpc) is 3.14. The van der Waals surface area contributed by atoms with Crippen LogP contribution < -0.4 is 10.9 Å². The van der Waals surface area contributed by atoms with Gasteiger partial charge in [-0.1, -0.05) is 23.7 Å². The summed E-state index contributed by atoms with van der Waals surface area (Å²) >= 11 is 5.87. The summed E-state index contributed by atoms with van der Waals surface area (Å²) in [6, 6.07) is 7.39. The van der Waals surface area contributed by atoms with Gasteiger partial charge in [-0.05, 0) is 18.2 Å². The molecule has 0 fully saturated rings. The first-order valence-electron chi connectivity index (χ1n) is 8.48. The fraction of sp³-hybridized carbons (Fsp3) is 0.222. The third-order valence-corrected chi connectivity index (χ3v) is 4.31. The SMILES string of the molecule is Cn1cc(-n2nc(-c3ccc(Cl)cc3)cc(C(=O)NC(F)C(O)C(F)F)c2=O)cn1. The average molecular weight is 442 g/mol. The number of aromatic nitrogens is 4. The van der Waals surface area contributed by atoms with Crippen molar-refractivity contribution in [1.29, 1.82) is 0 Å². The monoisotopic (exact) mass is 441 g/mol. The fourth-order valence-corrected chi connectivity index (χ4v) is 2.65. The minimum Gasteiger partial charge on any atom is -0.382 e. The summed E-state index contributed by atoms with van der Waals surface area (Å²) in [4.78, 5) is 25.2. The summed E-state index contributed by atoms with van der Waals surface area (Å²) in [5.41, 5.74) is -0.641. The Bertz CT molecular complexity index is 1120. The summed E-state index contributed by atoms with van der Waals surface area (Å²) < 4.78 is 41.0. The summed E-state index contributed by atoms with van der Waals surface area (Å²) in [6.07, 6.45) is -6.17. The second-order valence-corrected chi connectivity index (χ2v) is 6.68. The molecular weight excluding hydrogens is 427 g/mol. The quantitative estimate of drug-likeness (QED) is 0.569. The lowest BCUT2D eigenvalue weighted by molar-refractivity contribution is -0.0551. The zero-order chi connectivity index (χ0) is 22.0. The maximum atomic E-state index is 13.8. The molecule has 2 atom stereocenters. The number of aliphatic hydroxyl groups excluding tert-OH is 1. The Kier molecular flexibility index (Phi) is 6.22. The van der Waals surface area contributed by atoms with Gasteiger partial charge in [-0.3, -0.25) is 14.3 Å². The van der Waals surface area contributed by atoms with Gasteiger partial charge in [0, 0.05) is 17.6 Å². The van der Waals surface area contributed by atoms with E-state index in [9.17, 15) is 22.8 Å². The maximum absolute atomic E-state index is 13.8. The van der Waals surface area contributed by atoms with Crippen LogP contribution >= 0.6 is 11.6 Å². The van der Waals surface area contributed by atoms with Gasteiger partial charge in [0.15, 0.2) is 6.10 Å². The van der Waals surface area contributed by atoms with E-state index in [0.717, 1.165) is 10.7 Å². The third-order valence-electron chi connectivity index (χ3n) is 4.06. The number of alkyl halides is 3. The van der Waals surface area contributed by atoms with Gasteiger partial charge < -0.3 is 10.4 Å². The lowest BCUT2D eigenvalue weighted by Gasteiger charge is -2.16. The summed E-state index contributed by atoms with van der Waals surface area (Å²) in [5, 5.41) is 19.3. The largest absolute Gasteiger partial charge is 0.382 e. The second kappa shape index (κ2) is 8.67. The number of carbonyl (C=O) groups is 1. The molecule has 0 radical (unpaired) electrons. The Hall–Kier alpha value is -3.18. The molecule has 0 bridgehead atoms. The number of amides is 1. The second-order valence-electron chi connectivity index (χ2n) is 6.24. The van der Waals surface area contributed by atoms with Gasteiger partial charge in [-0.25, -0.2) is 13.2 Å². The Morgan fingerprint density at radius 2 is 1.90 bits per heavy atom. The Labute approximate surface area is 172 Å². The van der Waals surface area contributed by atoms with E-state index in [2.05, 4.69) is 10.2 Å². The lowest BCUT2D eigenvalue weighted by Crippen LogP contribution is -2.45. The number of benzene rings is 1. The van der Waals surface area contributed by atoms with Gasteiger partial charge in [0.1, 0.15) is 11.3 Å². The van der Waals surface area contributed by atoms with Crippen molar-refractivity contribution in [2.45, 2.75) is 18.8 Å². The van der Waals surface area contributed by atoms with Crippen LogP contribution in [0, 0.1) is 0 Å². The first-order chi connectivity index (χ1) is 14.2. The van der Waals surface area contributed by atoms with E-state index >= 15 is 0 Å². The molecular formula is C18H15ClF3N5O3. The summed E-state index contributed by atoms with van der Waals surface area (Å²) in [6.45, 7) is 0. The minimum atomic E-state index is -3.42. The summed E-state index contributed by atoms with van der Waals surface area (Å²) in [5.74, 6) is -1.29. The normalized spacial score (nSPS) is 13.3. The first kappa shape index (κ1) is 21.5. The Morgan fingerprint density at radius 1 is 1.23 bits per heavy atom. The van der Waals surface area contributed by atoms with Crippen molar-refractivity contribution < 1.29 is 23.1 Å². The van der Waals surface area contributed by atoms with Crippen LogP contribution in [0.15, 0.2) is 47.5 Å². The highest BCUT2D eigenvalue weighted by Crippen LogP contribution is 2.20. The highest BCUT2D eigenvalue weighted by atomic mass is 35.5. The van der Waals surface area contributed by atoms with Crippen LogP contribution in [-0.2, 0) is 7.05 Å². The highest BCUT2D eigenvalue weighted by Gasteiger charge is 2.30. The van der Waals surface area contributed by atoms with Crippen LogP contribution in [0.5, 0.6) is 0 Å². The van der Waals surface area contributed by atoms with Crippen molar-refractivity contribution >= 4 is 17.5 Å². The molecule has 0 aliphatic rings. The molecule has 0 aliphatic carbocycles. The van der Waals surface area contributed by atoms with E-state index in [1.54, 1.807) is 36.6 Å². The number of aliphatic hydroxyl groups is 1. The molecule has 8 nitrogen and oxygen atoms in total. The minimum absolute atomic E-state index is 0.157. The number of nitrogens with one attached hydrogen (secondary N) is 1. The topological polar surface area (TPSA) is 102 Å². The molecule has 2 N–H and O–H groups in total. The van der Waals surface area contributed by atoms with Crippen LogP contribution in [0.2, 0.25) is 5.02 Å². The first-order valence-corrected chi connectivity index (χ1v) is 8.85.